The standard InChI is InChI=1S/3C17H14O.C7H7NO2/c3*18-17(13-11-15-7-3-1-4-8-15)14-12-16-9-5-2-6-10-16;1-10-7(9)6-3-2-4-8-5-6/h3*1-14H;2-5H,1H3. The van der Waals surface area contributed by atoms with Crippen molar-refractivity contribution in [1.82, 2.24) is 4.98 Å². The summed E-state index contributed by atoms with van der Waals surface area (Å²) < 4.78 is 4.46. The number of hydrogen-bond acceptors (Lipinski definition) is 6. The zero-order chi connectivity index (χ0) is 45.3. The first-order valence-corrected chi connectivity index (χ1v) is 20.4. The maximum Gasteiger partial charge on any atom is 0.339 e. The smallest absolute Gasteiger partial charge is 0.339 e. The molecular formula is C58H49NO5. The highest BCUT2D eigenvalue weighted by molar-refractivity contribution is 6.05. The summed E-state index contributed by atoms with van der Waals surface area (Å²) in [6, 6.07) is 62.0. The van der Waals surface area contributed by atoms with Gasteiger partial charge in [-0.15, -0.1) is 0 Å². The van der Waals surface area contributed by atoms with Crippen LogP contribution >= 0.6 is 0 Å². The fourth-order valence-corrected chi connectivity index (χ4v) is 5.22. The molecule has 0 aliphatic rings. The lowest BCUT2D eigenvalue weighted by Crippen LogP contribution is -2.00. The normalized spacial score (nSPS) is 10.8. The highest BCUT2D eigenvalue weighted by Gasteiger charge is 2.01. The quantitative estimate of drug-likeness (QED) is 0.0848. The van der Waals surface area contributed by atoms with Crippen molar-refractivity contribution in [3.8, 4) is 0 Å². The molecule has 0 aliphatic heterocycles. The van der Waals surface area contributed by atoms with E-state index < -0.39 is 0 Å². The van der Waals surface area contributed by atoms with E-state index in [1.54, 1.807) is 54.8 Å². The predicted molar refractivity (Wildman–Crippen MR) is 263 cm³/mol. The number of benzene rings is 6. The molecule has 6 nitrogen and oxygen atoms in total. The van der Waals surface area contributed by atoms with Gasteiger partial charge < -0.3 is 4.74 Å². The maximum atomic E-state index is 11.6. The number of ketones is 3. The molecule has 0 aliphatic carbocycles. The average molecular weight is 840 g/mol. The Bertz CT molecular complexity index is 2190. The molecule has 0 atom stereocenters. The SMILES string of the molecule is COC(=O)c1cccnc1.O=C(C=Cc1ccccc1)C=Cc1ccccc1.O=C(C=Cc1ccccc1)C=Cc1ccccc1.O=C(C=Cc1ccccc1)C=Cc1ccccc1. The number of carbonyl (C=O) groups excluding carboxylic acids is 4. The minimum Gasteiger partial charge on any atom is -0.465 e. The first-order chi connectivity index (χ1) is 31.4. The van der Waals surface area contributed by atoms with Gasteiger partial charge in [0.15, 0.2) is 17.3 Å². The van der Waals surface area contributed by atoms with Crippen LogP contribution in [-0.4, -0.2) is 35.4 Å². The van der Waals surface area contributed by atoms with E-state index in [1.165, 1.54) is 13.3 Å². The second kappa shape index (κ2) is 29.6. The fourth-order valence-electron chi connectivity index (χ4n) is 5.22. The number of hydrogen-bond donors (Lipinski definition) is 0. The van der Waals surface area contributed by atoms with Gasteiger partial charge in [-0.25, -0.2) is 4.79 Å². The van der Waals surface area contributed by atoms with Crippen LogP contribution in [0.4, 0.5) is 0 Å². The molecule has 0 fully saturated rings. The lowest BCUT2D eigenvalue weighted by atomic mass is 10.1. The zero-order valence-electron chi connectivity index (χ0n) is 35.5. The minimum atomic E-state index is -0.354. The predicted octanol–water partition coefficient (Wildman–Crippen LogP) is 12.8. The molecule has 0 N–H and O–H groups in total. The van der Waals surface area contributed by atoms with Crippen LogP contribution in [0.3, 0.4) is 0 Å². The molecule has 0 bridgehead atoms. The maximum absolute atomic E-state index is 11.6. The minimum absolute atomic E-state index is 0.0114. The van der Waals surface area contributed by atoms with Gasteiger partial charge in [0.05, 0.1) is 12.7 Å². The Morgan fingerprint density at radius 1 is 0.344 bits per heavy atom. The Hall–Kier alpha value is -8.61. The number of rotatable bonds is 13. The van der Waals surface area contributed by atoms with Crippen molar-refractivity contribution in [2.24, 2.45) is 0 Å². The molecule has 1 aromatic heterocycles. The van der Waals surface area contributed by atoms with Crippen molar-refractivity contribution >= 4 is 59.8 Å². The molecule has 316 valence electrons. The van der Waals surface area contributed by atoms with Gasteiger partial charge in [0, 0.05) is 12.4 Å². The average Bonchev–Trinajstić information content (AvgIpc) is 3.37. The lowest BCUT2D eigenvalue weighted by Gasteiger charge is -1.94. The summed E-state index contributed by atoms with van der Waals surface area (Å²) in [7, 11) is 1.34. The molecule has 0 unspecified atom stereocenters. The number of methoxy groups -OCH3 is 1. The largest absolute Gasteiger partial charge is 0.465 e. The molecule has 7 rings (SSSR count). The summed E-state index contributed by atoms with van der Waals surface area (Å²) in [5, 5.41) is 0. The number of pyridine rings is 1. The molecule has 1 heterocycles. The van der Waals surface area contributed by atoms with Gasteiger partial charge in [-0.05, 0) is 82.0 Å². The van der Waals surface area contributed by atoms with Gasteiger partial charge >= 0.3 is 5.97 Å². The number of nitrogens with zero attached hydrogens (tertiary/aromatic N) is 1. The summed E-state index contributed by atoms with van der Waals surface area (Å²) in [4.78, 5) is 49.4. The molecule has 7 aromatic rings. The summed E-state index contributed by atoms with van der Waals surface area (Å²) in [5.74, 6) is -0.388. The number of carbonyl (C=O) groups is 4. The van der Waals surface area contributed by atoms with Crippen LogP contribution in [0.5, 0.6) is 0 Å². The fraction of sp³-hybridized carbons (Fsp3) is 0.0172. The van der Waals surface area contributed by atoms with E-state index in [2.05, 4.69) is 9.72 Å². The number of allylic oxidation sites excluding steroid dienone is 6. The summed E-state index contributed by atoms with van der Waals surface area (Å²) in [6.07, 6.45) is 23.4. The Labute approximate surface area is 376 Å². The molecule has 0 saturated carbocycles. The van der Waals surface area contributed by atoms with Crippen LogP contribution in [0.15, 0.2) is 243 Å². The summed E-state index contributed by atoms with van der Waals surface area (Å²) in [6.45, 7) is 0. The van der Waals surface area contributed by atoms with Crippen LogP contribution in [0.1, 0.15) is 43.7 Å². The third-order valence-electron chi connectivity index (χ3n) is 8.52. The van der Waals surface area contributed by atoms with E-state index >= 15 is 0 Å². The van der Waals surface area contributed by atoms with Gasteiger partial charge in [-0.1, -0.05) is 218 Å². The van der Waals surface area contributed by atoms with Gasteiger partial charge in [0.1, 0.15) is 0 Å². The Kier molecular flexibility index (Phi) is 22.2. The van der Waals surface area contributed by atoms with Crippen molar-refractivity contribution in [3.05, 3.63) is 282 Å². The van der Waals surface area contributed by atoms with E-state index in [4.69, 9.17) is 0 Å². The van der Waals surface area contributed by atoms with Gasteiger partial charge in [-0.3, -0.25) is 19.4 Å². The summed E-state index contributed by atoms with van der Waals surface area (Å²) >= 11 is 0. The van der Waals surface area contributed by atoms with Crippen LogP contribution in [0.2, 0.25) is 0 Å². The lowest BCUT2D eigenvalue weighted by molar-refractivity contribution is -0.111. The van der Waals surface area contributed by atoms with Crippen LogP contribution in [0, 0.1) is 0 Å². The van der Waals surface area contributed by atoms with Crippen LogP contribution < -0.4 is 0 Å². The molecule has 6 aromatic carbocycles. The van der Waals surface area contributed by atoms with E-state index in [0.717, 1.165) is 33.4 Å². The van der Waals surface area contributed by atoms with Crippen LogP contribution in [-0.2, 0) is 19.1 Å². The topological polar surface area (TPSA) is 90.4 Å². The number of esters is 1. The molecule has 6 heteroatoms. The van der Waals surface area contributed by atoms with Gasteiger partial charge in [0.25, 0.3) is 0 Å². The van der Waals surface area contributed by atoms with E-state index in [1.807, 2.05) is 218 Å². The molecule has 0 radical (unpaired) electrons. The van der Waals surface area contributed by atoms with Crippen molar-refractivity contribution in [2.75, 3.05) is 7.11 Å². The van der Waals surface area contributed by atoms with Crippen molar-refractivity contribution < 1.29 is 23.9 Å². The van der Waals surface area contributed by atoms with Gasteiger partial charge in [0.2, 0.25) is 0 Å². The molecule has 64 heavy (non-hydrogen) atoms. The van der Waals surface area contributed by atoms with E-state index in [-0.39, 0.29) is 23.3 Å². The molecule has 0 saturated heterocycles. The third kappa shape index (κ3) is 21.1. The second-order valence-corrected chi connectivity index (χ2v) is 13.4. The first-order valence-electron chi connectivity index (χ1n) is 20.4. The Morgan fingerprint density at radius 3 is 0.766 bits per heavy atom. The Morgan fingerprint density at radius 2 is 0.578 bits per heavy atom. The molecule has 0 spiro atoms. The highest BCUT2D eigenvalue weighted by atomic mass is 16.5. The summed E-state index contributed by atoms with van der Waals surface area (Å²) in [5.41, 5.74) is 6.64. The van der Waals surface area contributed by atoms with Crippen molar-refractivity contribution in [1.29, 1.82) is 0 Å². The second-order valence-electron chi connectivity index (χ2n) is 13.4. The molecule has 0 amide bonds. The Balaban J connectivity index is 0.000000191. The van der Waals surface area contributed by atoms with Crippen LogP contribution in [0.25, 0.3) is 36.5 Å². The monoisotopic (exact) mass is 839 g/mol. The first kappa shape index (κ1) is 48.1. The third-order valence-corrected chi connectivity index (χ3v) is 8.52. The molecular weight excluding hydrogens is 791 g/mol. The van der Waals surface area contributed by atoms with E-state index in [0.29, 0.717) is 5.56 Å². The highest BCUT2D eigenvalue weighted by Crippen LogP contribution is 2.07. The zero-order valence-corrected chi connectivity index (χ0v) is 35.5. The van der Waals surface area contributed by atoms with Gasteiger partial charge in [-0.2, -0.15) is 0 Å². The number of aromatic nitrogens is 1. The van der Waals surface area contributed by atoms with Crippen molar-refractivity contribution in [2.45, 2.75) is 0 Å². The number of ether oxygens (including phenoxy) is 1. The van der Waals surface area contributed by atoms with E-state index in [9.17, 15) is 19.2 Å². The van der Waals surface area contributed by atoms with Crippen molar-refractivity contribution in [3.63, 3.8) is 0 Å².